The van der Waals surface area contributed by atoms with Gasteiger partial charge in [-0.2, -0.15) is 0 Å². The molecule has 1 saturated heterocycles. The molecule has 0 aromatic heterocycles. The van der Waals surface area contributed by atoms with Gasteiger partial charge in [-0.3, -0.25) is 9.69 Å². The van der Waals surface area contributed by atoms with Gasteiger partial charge in [0.05, 0.1) is 0 Å². The predicted molar refractivity (Wildman–Crippen MR) is 92.2 cm³/mol. The number of hydrogen-bond acceptors (Lipinski definition) is 4. The molecule has 1 aliphatic rings. The van der Waals surface area contributed by atoms with E-state index < -0.39 is 0 Å². The first kappa shape index (κ1) is 17.9. The van der Waals surface area contributed by atoms with Gasteiger partial charge in [0.1, 0.15) is 6.04 Å². The number of carbonyl (C=O) groups excluding carboxylic acids is 1. The molecule has 23 heavy (non-hydrogen) atoms. The van der Waals surface area contributed by atoms with Crippen LogP contribution in [0.5, 0.6) is 0 Å². The van der Waals surface area contributed by atoms with Crippen molar-refractivity contribution in [3.63, 3.8) is 0 Å². The van der Waals surface area contributed by atoms with Gasteiger partial charge in [0.25, 0.3) is 0 Å². The summed E-state index contributed by atoms with van der Waals surface area (Å²) < 4.78 is 0. The van der Waals surface area contributed by atoms with E-state index in [1.54, 1.807) is 0 Å². The van der Waals surface area contributed by atoms with E-state index >= 15 is 0 Å². The van der Waals surface area contributed by atoms with Crippen LogP contribution in [0.15, 0.2) is 30.3 Å². The maximum atomic E-state index is 12.9. The number of nitrogens with one attached hydrogen (secondary N) is 1. The number of benzene rings is 1. The molecule has 0 aliphatic carbocycles. The molecule has 2 N–H and O–H groups in total. The minimum absolute atomic E-state index is 0.0335. The van der Waals surface area contributed by atoms with Crippen molar-refractivity contribution in [1.82, 2.24) is 15.1 Å². The van der Waals surface area contributed by atoms with Gasteiger partial charge < -0.3 is 15.3 Å². The van der Waals surface area contributed by atoms with Crippen LogP contribution >= 0.6 is 0 Å². The quantitative estimate of drug-likeness (QED) is 0.794. The minimum atomic E-state index is -0.252. The second-order valence-electron chi connectivity index (χ2n) is 6.28. The van der Waals surface area contributed by atoms with Gasteiger partial charge >= 0.3 is 0 Å². The van der Waals surface area contributed by atoms with Crippen LogP contribution in [0.25, 0.3) is 0 Å². The van der Waals surface area contributed by atoms with Gasteiger partial charge in [0, 0.05) is 38.8 Å². The van der Waals surface area contributed by atoms with Crippen LogP contribution in [0.2, 0.25) is 0 Å². The Kier molecular flexibility index (Phi) is 7.02. The van der Waals surface area contributed by atoms with Crippen LogP contribution in [-0.2, 0) is 4.79 Å². The van der Waals surface area contributed by atoms with Crippen molar-refractivity contribution in [2.45, 2.75) is 31.8 Å². The highest BCUT2D eigenvalue weighted by Gasteiger charge is 2.30. The largest absolute Gasteiger partial charge is 0.396 e. The van der Waals surface area contributed by atoms with E-state index in [-0.39, 0.29) is 24.6 Å². The fourth-order valence-corrected chi connectivity index (χ4v) is 3.06. The van der Waals surface area contributed by atoms with Gasteiger partial charge in [-0.05, 0) is 25.5 Å². The molecule has 1 aromatic carbocycles. The van der Waals surface area contributed by atoms with E-state index in [1.165, 1.54) is 0 Å². The first-order chi connectivity index (χ1) is 11.2. The van der Waals surface area contributed by atoms with Crippen LogP contribution in [0, 0.1) is 0 Å². The monoisotopic (exact) mass is 319 g/mol. The fraction of sp³-hybridized carbons (Fsp3) is 0.611. The fourth-order valence-electron chi connectivity index (χ4n) is 3.06. The Morgan fingerprint density at radius 1 is 1.22 bits per heavy atom. The molecular weight excluding hydrogens is 290 g/mol. The number of likely N-dealkylation sites (N-methyl/N-ethyl adjacent to an activating group) is 1. The number of aliphatic hydroxyl groups excluding tert-OH is 1. The Bertz CT molecular complexity index is 472. The molecule has 2 atom stereocenters. The second kappa shape index (κ2) is 9.01. The highest BCUT2D eigenvalue weighted by molar-refractivity contribution is 5.83. The lowest BCUT2D eigenvalue weighted by atomic mass is 10.0. The maximum Gasteiger partial charge on any atom is 0.242 e. The van der Waals surface area contributed by atoms with Crippen molar-refractivity contribution in [3.8, 4) is 0 Å². The molecule has 128 valence electrons. The Labute approximate surface area is 139 Å². The van der Waals surface area contributed by atoms with Gasteiger partial charge in [0.2, 0.25) is 5.91 Å². The van der Waals surface area contributed by atoms with Crippen molar-refractivity contribution in [1.29, 1.82) is 0 Å². The van der Waals surface area contributed by atoms with Crippen molar-refractivity contribution in [3.05, 3.63) is 35.9 Å². The van der Waals surface area contributed by atoms with Crippen molar-refractivity contribution >= 4 is 5.91 Å². The molecule has 1 fully saturated rings. The van der Waals surface area contributed by atoms with E-state index in [2.05, 4.69) is 22.2 Å². The van der Waals surface area contributed by atoms with E-state index in [9.17, 15) is 4.79 Å². The highest BCUT2D eigenvalue weighted by atomic mass is 16.3. The Balaban J connectivity index is 2.14. The number of carbonyl (C=O) groups is 1. The van der Waals surface area contributed by atoms with Crippen molar-refractivity contribution in [2.75, 3.05) is 39.8 Å². The first-order valence-electron chi connectivity index (χ1n) is 8.54. The summed E-state index contributed by atoms with van der Waals surface area (Å²) >= 11 is 0. The van der Waals surface area contributed by atoms with Crippen LogP contribution < -0.4 is 5.32 Å². The lowest BCUT2D eigenvalue weighted by Gasteiger charge is -2.38. The molecule has 0 saturated carbocycles. The Hall–Kier alpha value is -1.43. The molecule has 0 bridgehead atoms. The van der Waals surface area contributed by atoms with Crippen LogP contribution in [0.4, 0.5) is 0 Å². The third kappa shape index (κ3) is 5.03. The zero-order valence-corrected chi connectivity index (χ0v) is 14.2. The summed E-state index contributed by atoms with van der Waals surface area (Å²) in [4.78, 5) is 17.5. The minimum Gasteiger partial charge on any atom is -0.396 e. The standard InChI is InChI=1S/C18H29N3O2/c1-3-16(9-14-22)19-18(23)17(15-7-5-4-6-8-15)21-12-10-20(2)11-13-21/h4-8,16-17,22H,3,9-14H2,1-2H3,(H,19,23). The van der Waals surface area contributed by atoms with E-state index in [4.69, 9.17) is 5.11 Å². The summed E-state index contributed by atoms with van der Waals surface area (Å²) in [5.74, 6) is 0.0426. The van der Waals surface area contributed by atoms with Gasteiger partial charge in [0.15, 0.2) is 0 Å². The Morgan fingerprint density at radius 3 is 2.43 bits per heavy atom. The number of nitrogens with zero attached hydrogens (tertiary/aromatic N) is 2. The number of amides is 1. The SMILES string of the molecule is CCC(CCO)NC(=O)C(c1ccccc1)N1CCN(C)CC1. The predicted octanol–water partition coefficient (Wildman–Crippen LogP) is 1.25. The molecule has 0 radical (unpaired) electrons. The third-order valence-corrected chi connectivity index (χ3v) is 4.58. The number of piperazine rings is 1. The van der Waals surface area contributed by atoms with Crippen LogP contribution in [0.3, 0.4) is 0 Å². The average molecular weight is 319 g/mol. The summed E-state index contributed by atoms with van der Waals surface area (Å²) in [6, 6.07) is 9.77. The normalized spacial score (nSPS) is 19.3. The summed E-state index contributed by atoms with van der Waals surface area (Å²) in [7, 11) is 2.11. The third-order valence-electron chi connectivity index (χ3n) is 4.58. The molecule has 1 amide bonds. The van der Waals surface area contributed by atoms with Gasteiger partial charge in [-0.25, -0.2) is 0 Å². The summed E-state index contributed by atoms with van der Waals surface area (Å²) in [6.07, 6.45) is 1.43. The molecule has 1 aliphatic heterocycles. The van der Waals surface area contributed by atoms with Crippen molar-refractivity contribution in [2.24, 2.45) is 0 Å². The summed E-state index contributed by atoms with van der Waals surface area (Å²) in [5, 5.41) is 12.3. The molecule has 2 rings (SSSR count). The maximum absolute atomic E-state index is 12.9. The zero-order valence-electron chi connectivity index (χ0n) is 14.2. The van der Waals surface area contributed by atoms with Crippen LogP contribution in [0.1, 0.15) is 31.4 Å². The zero-order chi connectivity index (χ0) is 16.7. The molecular formula is C18H29N3O2. The van der Waals surface area contributed by atoms with E-state index in [0.29, 0.717) is 6.42 Å². The van der Waals surface area contributed by atoms with Crippen molar-refractivity contribution < 1.29 is 9.90 Å². The van der Waals surface area contributed by atoms with E-state index in [0.717, 1.165) is 38.2 Å². The second-order valence-corrected chi connectivity index (χ2v) is 6.28. The molecule has 5 nitrogen and oxygen atoms in total. The summed E-state index contributed by atoms with van der Waals surface area (Å²) in [5.41, 5.74) is 1.04. The lowest BCUT2D eigenvalue weighted by Crippen LogP contribution is -2.51. The van der Waals surface area contributed by atoms with E-state index in [1.807, 2.05) is 37.3 Å². The molecule has 2 unspecified atom stereocenters. The summed E-state index contributed by atoms with van der Waals surface area (Å²) in [6.45, 7) is 5.87. The first-order valence-corrected chi connectivity index (χ1v) is 8.54. The molecule has 1 heterocycles. The average Bonchev–Trinajstić information content (AvgIpc) is 2.57. The van der Waals surface area contributed by atoms with Gasteiger partial charge in [-0.15, -0.1) is 0 Å². The lowest BCUT2D eigenvalue weighted by molar-refractivity contribution is -0.128. The molecule has 1 aromatic rings. The molecule has 5 heteroatoms. The number of hydrogen-bond donors (Lipinski definition) is 2. The number of rotatable bonds is 7. The number of aliphatic hydroxyl groups is 1. The Morgan fingerprint density at radius 2 is 1.87 bits per heavy atom. The smallest absolute Gasteiger partial charge is 0.242 e. The molecule has 0 spiro atoms. The van der Waals surface area contributed by atoms with Crippen LogP contribution in [-0.4, -0.2) is 66.7 Å². The van der Waals surface area contributed by atoms with Gasteiger partial charge in [-0.1, -0.05) is 37.3 Å². The highest BCUT2D eigenvalue weighted by Crippen LogP contribution is 2.22. The topological polar surface area (TPSA) is 55.8 Å².